The lowest BCUT2D eigenvalue weighted by Gasteiger charge is -2.26. The molecule has 0 aliphatic heterocycles. The van der Waals surface area contributed by atoms with E-state index in [0.29, 0.717) is 5.92 Å². The second kappa shape index (κ2) is 11.6. The molecule has 0 spiro atoms. The van der Waals surface area contributed by atoms with Crippen LogP contribution in [-0.2, 0) is 5.41 Å². The van der Waals surface area contributed by atoms with Crippen LogP contribution >= 0.6 is 11.3 Å². The first kappa shape index (κ1) is 29.2. The maximum absolute atomic E-state index is 2.42. The number of nitrogens with zero attached hydrogens (tertiary/aromatic N) is 1. The Balaban J connectivity index is 1.11. The summed E-state index contributed by atoms with van der Waals surface area (Å²) in [6, 6.07) is 31.5. The lowest BCUT2D eigenvalue weighted by Crippen LogP contribution is -2.17. The van der Waals surface area contributed by atoms with Gasteiger partial charge in [-0.05, 0) is 89.9 Å². The first-order chi connectivity index (χ1) is 23.6. The van der Waals surface area contributed by atoms with Gasteiger partial charge in [-0.25, -0.2) is 0 Å². The fourth-order valence-electron chi connectivity index (χ4n) is 8.25. The van der Waals surface area contributed by atoms with Gasteiger partial charge in [0.2, 0.25) is 0 Å². The standard InChI is InChI=1S/C46H39NS/c1-46(2)41-22-10-9-19-40(41)43-42(46)30-29-39-38-21-12-20-37(44(38)48-45(39)43)33-24-27-36(28-25-33)47(34-16-7-4-8-17-34)35-18-11-15-32(23-26-35)31-13-5-3-6-14-31/h4-5,7-9,11-21,23-30,32H,3,6,10,22H2,1-2H3. The maximum Gasteiger partial charge on any atom is 0.0462 e. The zero-order valence-electron chi connectivity index (χ0n) is 27.6. The zero-order valence-corrected chi connectivity index (χ0v) is 28.4. The molecule has 4 aliphatic rings. The van der Waals surface area contributed by atoms with Crippen molar-refractivity contribution in [2.24, 2.45) is 5.92 Å². The molecular formula is C46H39NS. The molecule has 2 heteroatoms. The van der Waals surface area contributed by atoms with Crippen molar-refractivity contribution in [2.45, 2.75) is 44.9 Å². The number of anilines is 2. The number of hydrogen-bond acceptors (Lipinski definition) is 2. The van der Waals surface area contributed by atoms with Gasteiger partial charge in [0.15, 0.2) is 0 Å². The number of allylic oxidation sites excluding steroid dienone is 13. The summed E-state index contributed by atoms with van der Waals surface area (Å²) in [6.45, 7) is 4.83. The van der Waals surface area contributed by atoms with Gasteiger partial charge in [0.25, 0.3) is 0 Å². The van der Waals surface area contributed by atoms with Gasteiger partial charge in [0.05, 0.1) is 0 Å². The highest BCUT2D eigenvalue weighted by molar-refractivity contribution is 7.26. The van der Waals surface area contributed by atoms with Crippen molar-refractivity contribution in [1.82, 2.24) is 0 Å². The highest BCUT2D eigenvalue weighted by Crippen LogP contribution is 2.54. The molecule has 4 aromatic carbocycles. The molecule has 0 fully saturated rings. The number of para-hydroxylation sites is 1. The number of benzene rings is 4. The normalized spacial score (nSPS) is 19.3. The van der Waals surface area contributed by atoms with Gasteiger partial charge >= 0.3 is 0 Å². The molecule has 0 N–H and O–H groups in total. The smallest absolute Gasteiger partial charge is 0.0462 e. The molecule has 1 aromatic heterocycles. The lowest BCUT2D eigenvalue weighted by molar-refractivity contribution is 0.608. The fraction of sp³-hybridized carbons (Fsp3) is 0.174. The molecule has 0 bridgehead atoms. The van der Waals surface area contributed by atoms with E-state index >= 15 is 0 Å². The third-order valence-corrected chi connectivity index (χ3v) is 12.0. The summed E-state index contributed by atoms with van der Waals surface area (Å²) in [5.74, 6) is 0.293. The van der Waals surface area contributed by atoms with Crippen LogP contribution in [0.5, 0.6) is 0 Å². The molecule has 1 nitrogen and oxygen atoms in total. The Bertz CT molecular complexity index is 2300. The zero-order chi connectivity index (χ0) is 32.2. The summed E-state index contributed by atoms with van der Waals surface area (Å²) >= 11 is 1.98. The summed E-state index contributed by atoms with van der Waals surface area (Å²) in [5.41, 5.74) is 13.5. The Labute approximate surface area is 287 Å². The number of thiophene rings is 1. The summed E-state index contributed by atoms with van der Waals surface area (Å²) in [4.78, 5) is 2.37. The van der Waals surface area contributed by atoms with Gasteiger partial charge < -0.3 is 4.90 Å². The van der Waals surface area contributed by atoms with Gasteiger partial charge in [-0.15, -0.1) is 11.3 Å². The average molecular weight is 638 g/mol. The minimum Gasteiger partial charge on any atom is -0.311 e. The van der Waals surface area contributed by atoms with Crippen LogP contribution in [-0.4, -0.2) is 0 Å². The molecule has 0 saturated carbocycles. The number of rotatable bonds is 5. The first-order valence-corrected chi connectivity index (χ1v) is 18.2. The third-order valence-electron chi connectivity index (χ3n) is 10.7. The van der Waals surface area contributed by atoms with E-state index in [1.807, 2.05) is 11.3 Å². The topological polar surface area (TPSA) is 3.24 Å². The number of fused-ring (bicyclic) bond motifs is 6. The Morgan fingerprint density at radius 1 is 0.708 bits per heavy atom. The van der Waals surface area contributed by atoms with Crippen molar-refractivity contribution in [3.05, 3.63) is 174 Å². The monoisotopic (exact) mass is 637 g/mol. The first-order valence-electron chi connectivity index (χ1n) is 17.4. The van der Waals surface area contributed by atoms with Gasteiger partial charge in [-0.2, -0.15) is 0 Å². The molecule has 5 aromatic rings. The van der Waals surface area contributed by atoms with Crippen LogP contribution in [0.25, 0.3) is 36.9 Å². The Hall–Kier alpha value is -4.92. The van der Waals surface area contributed by atoms with Crippen LogP contribution in [0.3, 0.4) is 0 Å². The highest BCUT2D eigenvalue weighted by Gasteiger charge is 2.38. The molecule has 1 unspecified atom stereocenters. The van der Waals surface area contributed by atoms with E-state index in [1.165, 1.54) is 53.6 Å². The molecular weight excluding hydrogens is 599 g/mol. The molecule has 9 rings (SSSR count). The van der Waals surface area contributed by atoms with E-state index in [0.717, 1.165) is 42.8 Å². The van der Waals surface area contributed by atoms with E-state index in [4.69, 9.17) is 0 Å². The largest absolute Gasteiger partial charge is 0.311 e. The molecule has 0 amide bonds. The quantitative estimate of drug-likeness (QED) is 0.185. The minimum absolute atomic E-state index is 0.0892. The van der Waals surface area contributed by atoms with Crippen molar-refractivity contribution < 1.29 is 0 Å². The van der Waals surface area contributed by atoms with E-state index in [9.17, 15) is 0 Å². The Morgan fingerprint density at radius 3 is 2.35 bits per heavy atom. The summed E-state index contributed by atoms with van der Waals surface area (Å²) < 4.78 is 2.81. The number of hydrogen-bond donors (Lipinski definition) is 0. The van der Waals surface area contributed by atoms with Crippen molar-refractivity contribution in [3.8, 4) is 11.1 Å². The summed E-state index contributed by atoms with van der Waals surface area (Å²) in [7, 11) is 0. The van der Waals surface area contributed by atoms with Crippen LogP contribution in [0.4, 0.5) is 11.4 Å². The van der Waals surface area contributed by atoms with E-state index in [2.05, 4.69) is 164 Å². The van der Waals surface area contributed by atoms with Gasteiger partial charge in [0.1, 0.15) is 0 Å². The molecule has 4 aliphatic carbocycles. The Kier molecular flexibility index (Phi) is 7.09. The van der Waals surface area contributed by atoms with Gasteiger partial charge in [-0.1, -0.05) is 129 Å². The maximum atomic E-state index is 2.42. The third kappa shape index (κ3) is 4.73. The average Bonchev–Trinajstić information content (AvgIpc) is 3.50. The SMILES string of the molecule is CC1(C)C2=C(C=CCC2)c2c1ccc1c2sc2c(-c3ccc(N(C4=CC=CC(C5=CCCC=C5)C=C4)c4ccccc4)cc3)cccc21. The van der Waals surface area contributed by atoms with Crippen molar-refractivity contribution in [3.63, 3.8) is 0 Å². The van der Waals surface area contributed by atoms with Crippen molar-refractivity contribution in [1.29, 1.82) is 0 Å². The minimum atomic E-state index is 0.0892. The van der Waals surface area contributed by atoms with Crippen LogP contribution in [0.2, 0.25) is 0 Å². The second-order valence-electron chi connectivity index (χ2n) is 13.9. The van der Waals surface area contributed by atoms with Gasteiger partial charge in [0, 0.05) is 54.1 Å². The van der Waals surface area contributed by atoms with Crippen LogP contribution in [0.1, 0.15) is 50.7 Å². The van der Waals surface area contributed by atoms with E-state index in [-0.39, 0.29) is 5.41 Å². The summed E-state index contributed by atoms with van der Waals surface area (Å²) in [6.07, 6.45) is 27.7. The predicted molar refractivity (Wildman–Crippen MR) is 208 cm³/mol. The summed E-state index contributed by atoms with van der Waals surface area (Å²) in [5, 5.41) is 2.74. The molecule has 1 heterocycles. The Morgan fingerprint density at radius 2 is 1.52 bits per heavy atom. The fourth-order valence-corrected chi connectivity index (χ4v) is 9.65. The van der Waals surface area contributed by atoms with Gasteiger partial charge in [-0.3, -0.25) is 0 Å². The lowest BCUT2D eigenvalue weighted by atomic mass is 9.78. The van der Waals surface area contributed by atoms with Crippen molar-refractivity contribution >= 4 is 48.5 Å². The van der Waals surface area contributed by atoms with Crippen LogP contribution in [0, 0.1) is 5.92 Å². The molecule has 0 radical (unpaired) electrons. The van der Waals surface area contributed by atoms with Crippen LogP contribution < -0.4 is 4.90 Å². The second-order valence-corrected chi connectivity index (χ2v) is 14.9. The highest BCUT2D eigenvalue weighted by atomic mass is 32.1. The van der Waals surface area contributed by atoms with Crippen molar-refractivity contribution in [2.75, 3.05) is 4.90 Å². The predicted octanol–water partition coefficient (Wildman–Crippen LogP) is 13.2. The van der Waals surface area contributed by atoms with E-state index < -0.39 is 0 Å². The molecule has 0 saturated heterocycles. The molecule has 48 heavy (non-hydrogen) atoms. The molecule has 234 valence electrons. The van der Waals surface area contributed by atoms with Crippen LogP contribution in [0.15, 0.2) is 163 Å². The molecule has 1 atom stereocenters. The van der Waals surface area contributed by atoms with E-state index in [1.54, 1.807) is 5.57 Å².